The topological polar surface area (TPSA) is 133 Å². The average molecular weight is 239 g/mol. The molecule has 0 aliphatic rings. The average Bonchev–Trinajstić information content (AvgIpc) is 2.09. The zero-order chi connectivity index (χ0) is 12.3. The molecule has 8 nitrogen and oxygen atoms in total. The molecule has 86 valence electrons. The van der Waals surface area contributed by atoms with Gasteiger partial charge < -0.3 is 19.4 Å². The Balaban J connectivity index is 0. The number of isocyanates is 1. The second-order valence-corrected chi connectivity index (χ2v) is 2.88. The first-order valence-electron chi connectivity index (χ1n) is 3.42. The summed E-state index contributed by atoms with van der Waals surface area (Å²) in [7, 11) is -4.64. The minimum absolute atomic E-state index is 0.0973. The Hall–Kier alpha value is -1.30. The second kappa shape index (κ2) is 9.26. The van der Waals surface area contributed by atoms with E-state index < -0.39 is 13.8 Å². The van der Waals surface area contributed by atoms with Gasteiger partial charge in [-0.15, -0.1) is 0 Å². The highest BCUT2D eigenvalue weighted by molar-refractivity contribution is 7.45. The van der Waals surface area contributed by atoms with E-state index >= 15 is 0 Å². The van der Waals surface area contributed by atoms with E-state index in [1.165, 1.54) is 6.08 Å². The van der Waals surface area contributed by atoms with Gasteiger partial charge in [0.1, 0.15) is 6.61 Å². The number of rotatable bonds is 4. The van der Waals surface area contributed by atoms with Crippen molar-refractivity contribution in [3.63, 3.8) is 0 Å². The first-order chi connectivity index (χ1) is 6.81. The molecule has 0 aromatic rings. The molecule has 0 bridgehead atoms. The summed E-state index contributed by atoms with van der Waals surface area (Å²) in [5.74, 6) is -0.513. The molecule has 0 atom stereocenters. The molecule has 0 saturated carbocycles. The molecule has 0 heterocycles. The Kier molecular flexibility index (Phi) is 9.97. The highest BCUT2D eigenvalue weighted by Gasteiger charge is 2.00. The van der Waals surface area contributed by atoms with Crippen molar-refractivity contribution in [3.05, 3.63) is 12.7 Å². The van der Waals surface area contributed by atoms with Crippen LogP contribution in [0, 0.1) is 0 Å². The van der Waals surface area contributed by atoms with Gasteiger partial charge in [0.05, 0.1) is 6.54 Å². The quantitative estimate of drug-likeness (QED) is 0.145. The van der Waals surface area contributed by atoms with Gasteiger partial charge >= 0.3 is 13.8 Å². The standard InChI is InChI=1S/C6H7NO3.H3O4P/c1-2-6(9)10-4-3-7-5-8;1-5(2,3)4/h2H,1,3-4H2;(H3,1,2,3,4). The number of esters is 1. The van der Waals surface area contributed by atoms with Crippen molar-refractivity contribution in [1.29, 1.82) is 0 Å². The van der Waals surface area contributed by atoms with E-state index in [0.29, 0.717) is 0 Å². The monoisotopic (exact) mass is 239 g/mol. The number of carbonyl (C=O) groups is 1. The molecule has 0 aromatic heterocycles. The van der Waals surface area contributed by atoms with E-state index in [-0.39, 0.29) is 13.2 Å². The third kappa shape index (κ3) is 32.4. The summed E-state index contributed by atoms with van der Waals surface area (Å²) in [4.78, 5) is 44.5. The maximum atomic E-state index is 10.3. The molecule has 9 heteroatoms. The number of ether oxygens (including phenoxy) is 1. The summed E-state index contributed by atoms with van der Waals surface area (Å²) in [5.41, 5.74) is 0. The first kappa shape index (κ1) is 16.1. The summed E-state index contributed by atoms with van der Waals surface area (Å²) in [6.07, 6.45) is 2.36. The molecule has 0 amide bonds. The van der Waals surface area contributed by atoms with Gasteiger partial charge in [-0.05, 0) is 0 Å². The maximum absolute atomic E-state index is 10.3. The van der Waals surface area contributed by atoms with Crippen LogP contribution < -0.4 is 0 Å². The third-order valence-electron chi connectivity index (χ3n) is 0.679. The van der Waals surface area contributed by atoms with Crippen molar-refractivity contribution in [2.45, 2.75) is 0 Å². The van der Waals surface area contributed by atoms with Gasteiger partial charge in [-0.25, -0.2) is 19.1 Å². The van der Waals surface area contributed by atoms with Crippen LogP contribution in [0.5, 0.6) is 0 Å². The zero-order valence-electron chi connectivity index (χ0n) is 7.57. The smallest absolute Gasteiger partial charge is 0.461 e. The van der Waals surface area contributed by atoms with Crippen molar-refractivity contribution in [1.82, 2.24) is 0 Å². The number of hydrogen-bond acceptors (Lipinski definition) is 5. The van der Waals surface area contributed by atoms with E-state index in [4.69, 9.17) is 19.2 Å². The Labute approximate surface area is 85.1 Å². The lowest BCUT2D eigenvalue weighted by atomic mass is 10.6. The Bertz CT molecular complexity index is 282. The molecule has 0 fully saturated rings. The van der Waals surface area contributed by atoms with Gasteiger partial charge in [0.25, 0.3) is 0 Å². The normalized spacial score (nSPS) is 9.00. The van der Waals surface area contributed by atoms with Crippen LogP contribution in [0.1, 0.15) is 0 Å². The molecule has 15 heavy (non-hydrogen) atoms. The van der Waals surface area contributed by atoms with E-state index in [9.17, 15) is 9.59 Å². The molecule has 0 aliphatic carbocycles. The molecule has 0 aromatic carbocycles. The van der Waals surface area contributed by atoms with E-state index in [1.807, 2.05) is 0 Å². The van der Waals surface area contributed by atoms with Gasteiger partial charge in [0.2, 0.25) is 6.08 Å². The molecule has 0 aliphatic heterocycles. The largest absolute Gasteiger partial charge is 0.466 e. The third-order valence-corrected chi connectivity index (χ3v) is 0.679. The number of hydrogen-bond donors (Lipinski definition) is 3. The molecule has 0 spiro atoms. The van der Waals surface area contributed by atoms with Crippen LogP contribution in [0.3, 0.4) is 0 Å². The van der Waals surface area contributed by atoms with Crippen LogP contribution >= 0.6 is 7.82 Å². The highest BCUT2D eigenvalue weighted by atomic mass is 31.2. The molecule has 0 saturated heterocycles. The van der Waals surface area contributed by atoms with Crippen molar-refractivity contribution in [2.24, 2.45) is 4.99 Å². The molecule has 0 rings (SSSR count). The lowest BCUT2D eigenvalue weighted by Gasteiger charge is -1.94. The predicted molar refractivity (Wildman–Crippen MR) is 48.4 cm³/mol. The van der Waals surface area contributed by atoms with E-state index in [2.05, 4.69) is 16.3 Å². The fourth-order valence-corrected chi connectivity index (χ4v) is 0.296. The minimum Gasteiger partial charge on any atom is -0.461 e. The minimum atomic E-state index is -4.64. The van der Waals surface area contributed by atoms with Crippen LogP contribution in [0.25, 0.3) is 0 Å². The fourth-order valence-electron chi connectivity index (χ4n) is 0.296. The van der Waals surface area contributed by atoms with Gasteiger partial charge in [-0.3, -0.25) is 0 Å². The lowest BCUT2D eigenvalue weighted by Crippen LogP contribution is -2.03. The molecule has 0 unspecified atom stereocenters. The summed E-state index contributed by atoms with van der Waals surface area (Å²) in [6, 6.07) is 0. The van der Waals surface area contributed by atoms with Crippen LogP contribution in [0.4, 0.5) is 0 Å². The van der Waals surface area contributed by atoms with Crippen LogP contribution in [0.15, 0.2) is 17.6 Å². The Morgan fingerprint density at radius 2 is 2.00 bits per heavy atom. The van der Waals surface area contributed by atoms with E-state index in [0.717, 1.165) is 6.08 Å². The number of aliphatic imine (C=N–C) groups is 1. The van der Waals surface area contributed by atoms with Gasteiger partial charge in [0, 0.05) is 6.08 Å². The van der Waals surface area contributed by atoms with Crippen LogP contribution in [0.2, 0.25) is 0 Å². The van der Waals surface area contributed by atoms with Gasteiger partial charge in [-0.2, -0.15) is 0 Å². The van der Waals surface area contributed by atoms with Gasteiger partial charge in [-0.1, -0.05) is 6.58 Å². The molecular formula is C6H10NO7P. The zero-order valence-corrected chi connectivity index (χ0v) is 8.46. The lowest BCUT2D eigenvalue weighted by molar-refractivity contribution is -0.137. The maximum Gasteiger partial charge on any atom is 0.466 e. The van der Waals surface area contributed by atoms with Gasteiger partial charge in [0.15, 0.2) is 0 Å². The summed E-state index contributed by atoms with van der Waals surface area (Å²) >= 11 is 0. The SMILES string of the molecule is C=CC(=O)OCCN=C=O.O=P(O)(O)O. The molecule has 3 N–H and O–H groups in total. The summed E-state index contributed by atoms with van der Waals surface area (Å²) in [6.45, 7) is 3.43. The number of nitrogens with zero attached hydrogens (tertiary/aromatic N) is 1. The van der Waals surface area contributed by atoms with Crippen LogP contribution in [-0.2, 0) is 18.9 Å². The molecule has 0 radical (unpaired) electrons. The number of phosphoric acid groups is 1. The van der Waals surface area contributed by atoms with Crippen molar-refractivity contribution >= 4 is 19.9 Å². The van der Waals surface area contributed by atoms with Crippen molar-refractivity contribution in [3.8, 4) is 0 Å². The molecular weight excluding hydrogens is 229 g/mol. The summed E-state index contributed by atoms with van der Waals surface area (Å²) < 4.78 is 13.3. The Morgan fingerprint density at radius 1 is 1.53 bits per heavy atom. The second-order valence-electron chi connectivity index (χ2n) is 1.86. The van der Waals surface area contributed by atoms with Crippen molar-refractivity contribution < 1.29 is 33.6 Å². The fraction of sp³-hybridized carbons (Fsp3) is 0.333. The highest BCUT2D eigenvalue weighted by Crippen LogP contribution is 2.25. The van der Waals surface area contributed by atoms with Crippen molar-refractivity contribution in [2.75, 3.05) is 13.2 Å². The van der Waals surface area contributed by atoms with E-state index in [1.54, 1.807) is 0 Å². The first-order valence-corrected chi connectivity index (χ1v) is 4.99. The number of carbonyl (C=O) groups excluding carboxylic acids is 2. The van der Waals surface area contributed by atoms with Crippen LogP contribution in [-0.4, -0.2) is 39.9 Å². The Morgan fingerprint density at radius 3 is 2.33 bits per heavy atom. The summed E-state index contributed by atoms with van der Waals surface area (Å²) in [5, 5.41) is 0. The predicted octanol–water partition coefficient (Wildman–Crippen LogP) is -0.877.